The maximum Gasteiger partial charge on any atom is 0.195 e. The van der Waals surface area contributed by atoms with E-state index in [4.69, 9.17) is 34.8 Å². The van der Waals surface area contributed by atoms with Crippen molar-refractivity contribution in [1.82, 2.24) is 0 Å². The van der Waals surface area contributed by atoms with E-state index in [-0.39, 0.29) is 5.78 Å². The van der Waals surface area contributed by atoms with E-state index >= 15 is 0 Å². The lowest BCUT2D eigenvalue weighted by atomic mass is 9.95. The molecule has 6 heteroatoms. The highest BCUT2D eigenvalue weighted by Gasteiger charge is 2.26. The number of Topliss-reactive ketones (excluding diaryl/α,β-unsaturated/α-hetero) is 1. The zero-order valence-corrected chi connectivity index (χ0v) is 13.4. The number of hydrogen-bond donors (Lipinski definition) is 0. The Morgan fingerprint density at radius 3 is 2.50 bits per heavy atom. The number of carbonyl (C=O) groups excluding carboxylic acids is 1. The molecule has 0 radical (unpaired) electrons. The smallest absolute Gasteiger partial charge is 0.195 e. The first-order valence-electron chi connectivity index (χ1n) is 5.58. The second kappa shape index (κ2) is 6.15. The van der Waals surface area contributed by atoms with Gasteiger partial charge in [-0.15, -0.1) is 11.3 Å². The van der Waals surface area contributed by atoms with Gasteiger partial charge >= 0.3 is 0 Å². The molecule has 1 aromatic carbocycles. The van der Waals surface area contributed by atoms with E-state index in [0.717, 1.165) is 5.56 Å². The summed E-state index contributed by atoms with van der Waals surface area (Å²) in [5, 5.41) is 12.2. The first kappa shape index (κ1) is 15.3. The van der Waals surface area contributed by atoms with Gasteiger partial charge in [0.2, 0.25) is 0 Å². The average molecular weight is 345 g/mol. The molecule has 2 nitrogen and oxygen atoms in total. The molecular formula is C14H8Cl3NOS. The Labute approximate surface area is 135 Å². The van der Waals surface area contributed by atoms with Crippen LogP contribution in [-0.4, -0.2) is 5.78 Å². The molecule has 0 saturated carbocycles. The second-order valence-electron chi connectivity index (χ2n) is 4.16. The first-order chi connectivity index (χ1) is 9.45. The predicted molar refractivity (Wildman–Crippen MR) is 83.2 cm³/mol. The van der Waals surface area contributed by atoms with Gasteiger partial charge in [0.25, 0.3) is 0 Å². The third-order valence-electron chi connectivity index (χ3n) is 2.79. The molecule has 20 heavy (non-hydrogen) atoms. The van der Waals surface area contributed by atoms with Gasteiger partial charge in [-0.1, -0.05) is 40.9 Å². The van der Waals surface area contributed by atoms with E-state index < -0.39 is 5.92 Å². The summed E-state index contributed by atoms with van der Waals surface area (Å²) in [4.78, 5) is 12.8. The van der Waals surface area contributed by atoms with Crippen molar-refractivity contribution in [2.75, 3.05) is 0 Å². The highest BCUT2D eigenvalue weighted by atomic mass is 35.5. The maximum absolute atomic E-state index is 12.4. The molecule has 0 aliphatic carbocycles. The van der Waals surface area contributed by atoms with Crippen LogP contribution in [0.4, 0.5) is 0 Å². The number of halogens is 3. The van der Waals surface area contributed by atoms with Crippen LogP contribution < -0.4 is 0 Å². The van der Waals surface area contributed by atoms with Crippen molar-refractivity contribution in [2.45, 2.75) is 12.8 Å². The molecule has 0 saturated heterocycles. The van der Waals surface area contributed by atoms with Gasteiger partial charge in [0.1, 0.15) is 5.92 Å². The van der Waals surface area contributed by atoms with Crippen molar-refractivity contribution in [3.05, 3.63) is 54.7 Å². The van der Waals surface area contributed by atoms with Crippen LogP contribution in [0, 0.1) is 18.3 Å². The monoisotopic (exact) mass is 343 g/mol. The predicted octanol–water partition coefficient (Wildman–Crippen LogP) is 5.51. The number of nitriles is 1. The first-order valence-corrected chi connectivity index (χ1v) is 7.59. The number of rotatable bonds is 3. The summed E-state index contributed by atoms with van der Waals surface area (Å²) in [7, 11) is 0. The normalized spacial score (nSPS) is 11.9. The van der Waals surface area contributed by atoms with Crippen molar-refractivity contribution in [3.63, 3.8) is 0 Å². The van der Waals surface area contributed by atoms with Gasteiger partial charge in [0, 0.05) is 0 Å². The van der Waals surface area contributed by atoms with Crippen LogP contribution in [0.15, 0.2) is 23.6 Å². The summed E-state index contributed by atoms with van der Waals surface area (Å²) in [6, 6.07) is 6.72. The maximum atomic E-state index is 12.4. The molecule has 0 amide bonds. The summed E-state index contributed by atoms with van der Waals surface area (Å²) in [6.45, 7) is 1.82. The van der Waals surface area contributed by atoms with Crippen molar-refractivity contribution < 1.29 is 4.79 Å². The highest BCUT2D eigenvalue weighted by molar-refractivity contribution is 7.13. The van der Waals surface area contributed by atoms with Crippen LogP contribution in [0.2, 0.25) is 15.1 Å². The van der Waals surface area contributed by atoms with Crippen molar-refractivity contribution in [1.29, 1.82) is 5.26 Å². The fourth-order valence-corrected chi connectivity index (χ4v) is 3.27. The van der Waals surface area contributed by atoms with Crippen LogP contribution in [0.25, 0.3) is 0 Å². The summed E-state index contributed by atoms with van der Waals surface area (Å²) in [6.07, 6.45) is 0. The molecule has 1 atom stereocenters. The molecule has 0 bridgehead atoms. The number of hydrogen-bond acceptors (Lipinski definition) is 3. The standard InChI is InChI=1S/C14H8Cl3NOS/c1-7-6-20-14(12(7)17)13(19)9(5-18)8-2-3-10(15)11(16)4-8/h2-4,6,9H,1H3. The fraction of sp³-hybridized carbons (Fsp3) is 0.143. The average Bonchev–Trinajstić information content (AvgIpc) is 2.75. The second-order valence-corrected chi connectivity index (χ2v) is 6.23. The van der Waals surface area contributed by atoms with Crippen molar-refractivity contribution in [2.24, 2.45) is 0 Å². The Bertz CT molecular complexity index is 718. The molecule has 0 spiro atoms. The molecular weight excluding hydrogens is 337 g/mol. The van der Waals surface area contributed by atoms with Crippen molar-refractivity contribution >= 4 is 51.9 Å². The van der Waals surface area contributed by atoms with E-state index in [1.165, 1.54) is 17.4 Å². The summed E-state index contributed by atoms with van der Waals surface area (Å²) < 4.78 is 0. The lowest BCUT2D eigenvalue weighted by Gasteiger charge is -2.09. The minimum atomic E-state index is -0.944. The van der Waals surface area contributed by atoms with Crippen LogP contribution in [0.1, 0.15) is 26.7 Å². The zero-order valence-electron chi connectivity index (χ0n) is 10.3. The Morgan fingerprint density at radius 1 is 1.30 bits per heavy atom. The molecule has 2 rings (SSSR count). The molecule has 0 aliphatic rings. The number of benzene rings is 1. The van der Waals surface area contributed by atoms with Gasteiger partial charge in [-0.2, -0.15) is 5.26 Å². The Hall–Kier alpha value is -1.05. The van der Waals surface area contributed by atoms with Gasteiger partial charge in [-0.25, -0.2) is 0 Å². The SMILES string of the molecule is Cc1csc(C(=O)C(C#N)c2ccc(Cl)c(Cl)c2)c1Cl. The topological polar surface area (TPSA) is 40.9 Å². The lowest BCUT2D eigenvalue weighted by Crippen LogP contribution is -2.10. The van der Waals surface area contributed by atoms with Crippen LogP contribution >= 0.6 is 46.1 Å². The number of nitrogens with zero attached hydrogens (tertiary/aromatic N) is 1. The molecule has 0 aliphatic heterocycles. The van der Waals surface area contributed by atoms with Crippen LogP contribution in [0.5, 0.6) is 0 Å². The Morgan fingerprint density at radius 2 is 2.00 bits per heavy atom. The van der Waals surface area contributed by atoms with E-state index in [1.807, 2.05) is 13.0 Å². The van der Waals surface area contributed by atoms with Crippen molar-refractivity contribution in [3.8, 4) is 6.07 Å². The van der Waals surface area contributed by atoms with E-state index in [9.17, 15) is 10.1 Å². The van der Waals surface area contributed by atoms with Gasteiger partial charge in [-0.05, 0) is 35.6 Å². The highest BCUT2D eigenvalue weighted by Crippen LogP contribution is 2.33. The summed E-state index contributed by atoms with van der Waals surface area (Å²) >= 11 is 19.1. The third kappa shape index (κ3) is 2.84. The number of ketones is 1. The Kier molecular flexibility index (Phi) is 4.72. The number of aryl methyl sites for hydroxylation is 1. The molecule has 1 unspecified atom stereocenters. The Balaban J connectivity index is 2.42. The van der Waals surface area contributed by atoms with Crippen LogP contribution in [0.3, 0.4) is 0 Å². The quantitative estimate of drug-likeness (QED) is 0.689. The van der Waals surface area contributed by atoms with Crippen LogP contribution in [-0.2, 0) is 0 Å². The van der Waals surface area contributed by atoms with E-state index in [2.05, 4.69) is 0 Å². The molecule has 0 N–H and O–H groups in total. The molecule has 0 fully saturated rings. The van der Waals surface area contributed by atoms with Gasteiger partial charge in [0.05, 0.1) is 26.0 Å². The minimum absolute atomic E-state index is 0.311. The summed E-state index contributed by atoms with van der Waals surface area (Å²) in [5.74, 6) is -1.27. The number of carbonyl (C=O) groups is 1. The minimum Gasteiger partial charge on any atom is -0.291 e. The largest absolute Gasteiger partial charge is 0.291 e. The van der Waals surface area contributed by atoms with Gasteiger partial charge in [0.15, 0.2) is 5.78 Å². The molecule has 1 heterocycles. The lowest BCUT2D eigenvalue weighted by molar-refractivity contribution is 0.0983. The van der Waals surface area contributed by atoms with Gasteiger partial charge < -0.3 is 0 Å². The summed E-state index contributed by atoms with van der Waals surface area (Å²) in [5.41, 5.74) is 1.33. The number of thiophene rings is 1. The van der Waals surface area contributed by atoms with E-state index in [1.54, 1.807) is 17.5 Å². The third-order valence-corrected chi connectivity index (χ3v) is 5.24. The molecule has 2 aromatic rings. The molecule has 1 aromatic heterocycles. The van der Waals surface area contributed by atoms with Gasteiger partial charge in [-0.3, -0.25) is 4.79 Å². The molecule has 102 valence electrons. The zero-order chi connectivity index (χ0) is 14.9. The fourth-order valence-electron chi connectivity index (χ4n) is 1.70. The van der Waals surface area contributed by atoms with E-state index in [0.29, 0.717) is 25.5 Å².